The lowest BCUT2D eigenvalue weighted by Gasteiger charge is -2.00. The van der Waals surface area contributed by atoms with Crippen LogP contribution in [-0.4, -0.2) is 17.6 Å². The summed E-state index contributed by atoms with van der Waals surface area (Å²) in [6.45, 7) is 2.11. The molecule has 15 heavy (non-hydrogen) atoms. The highest BCUT2D eigenvalue weighted by Crippen LogP contribution is 2.21. The molecule has 0 aliphatic heterocycles. The molecule has 0 aliphatic carbocycles. The van der Waals surface area contributed by atoms with E-state index in [9.17, 15) is 4.79 Å². The minimum absolute atomic E-state index is 0.348. The largest absolute Gasteiger partial charge is 0.462 e. The van der Waals surface area contributed by atoms with E-state index in [2.05, 4.69) is 4.98 Å². The third-order valence-corrected chi connectivity index (χ3v) is 2.35. The number of halogens is 1. The number of hydrogen-bond donors (Lipinski definition) is 0. The SMILES string of the molecule is CCOC(=O)c1cccc2nc(I)oc12. The van der Waals surface area contributed by atoms with Crippen molar-refractivity contribution >= 4 is 39.7 Å². The zero-order valence-corrected chi connectivity index (χ0v) is 10.1. The highest BCUT2D eigenvalue weighted by molar-refractivity contribution is 14.1. The maximum absolute atomic E-state index is 11.6. The summed E-state index contributed by atoms with van der Waals surface area (Å²) in [5.41, 5.74) is 1.58. The molecule has 0 saturated heterocycles. The molecule has 0 spiro atoms. The molecular formula is C10H8INO3. The quantitative estimate of drug-likeness (QED) is 0.631. The first-order valence-corrected chi connectivity index (χ1v) is 5.52. The van der Waals surface area contributed by atoms with Gasteiger partial charge in [0.25, 0.3) is 3.90 Å². The van der Waals surface area contributed by atoms with Crippen LogP contribution in [0.1, 0.15) is 17.3 Å². The Bertz CT molecular complexity index is 506. The van der Waals surface area contributed by atoms with Gasteiger partial charge in [-0.2, -0.15) is 0 Å². The van der Waals surface area contributed by atoms with Crippen molar-refractivity contribution < 1.29 is 13.9 Å². The van der Waals surface area contributed by atoms with E-state index >= 15 is 0 Å². The first-order chi connectivity index (χ1) is 7.22. The average molecular weight is 317 g/mol. The second-order valence-corrected chi connectivity index (χ2v) is 3.76. The Hall–Kier alpha value is -1.11. The van der Waals surface area contributed by atoms with Gasteiger partial charge in [0.15, 0.2) is 5.58 Å². The van der Waals surface area contributed by atoms with Crippen LogP contribution in [0.25, 0.3) is 11.1 Å². The second kappa shape index (κ2) is 4.18. The molecule has 0 aliphatic rings. The van der Waals surface area contributed by atoms with Crippen LogP contribution >= 0.6 is 22.6 Å². The van der Waals surface area contributed by atoms with Crippen LogP contribution in [0.5, 0.6) is 0 Å². The van der Waals surface area contributed by atoms with Gasteiger partial charge in [-0.3, -0.25) is 0 Å². The molecule has 78 valence electrons. The number of rotatable bonds is 2. The molecule has 4 nitrogen and oxygen atoms in total. The van der Waals surface area contributed by atoms with Crippen LogP contribution in [0.15, 0.2) is 22.6 Å². The Morgan fingerprint density at radius 1 is 1.60 bits per heavy atom. The van der Waals surface area contributed by atoms with Gasteiger partial charge in [0.1, 0.15) is 11.1 Å². The van der Waals surface area contributed by atoms with Crippen molar-refractivity contribution in [2.24, 2.45) is 0 Å². The van der Waals surface area contributed by atoms with Gasteiger partial charge in [0, 0.05) is 22.6 Å². The molecule has 0 atom stereocenters. The molecule has 1 heterocycles. The highest BCUT2D eigenvalue weighted by Gasteiger charge is 2.15. The van der Waals surface area contributed by atoms with Gasteiger partial charge >= 0.3 is 5.97 Å². The van der Waals surface area contributed by atoms with Gasteiger partial charge in [0.2, 0.25) is 0 Å². The summed E-state index contributed by atoms with van der Waals surface area (Å²) in [6, 6.07) is 5.22. The molecule has 0 bridgehead atoms. The van der Waals surface area contributed by atoms with Gasteiger partial charge < -0.3 is 9.15 Å². The fourth-order valence-electron chi connectivity index (χ4n) is 1.29. The van der Waals surface area contributed by atoms with E-state index in [4.69, 9.17) is 9.15 Å². The lowest BCUT2D eigenvalue weighted by molar-refractivity contribution is 0.0527. The van der Waals surface area contributed by atoms with Crippen molar-refractivity contribution in [1.29, 1.82) is 0 Å². The minimum atomic E-state index is -0.379. The molecule has 0 N–H and O–H groups in total. The van der Waals surface area contributed by atoms with E-state index in [1.54, 1.807) is 25.1 Å². The lowest BCUT2D eigenvalue weighted by atomic mass is 10.2. The standard InChI is InChI=1S/C10H8INO3/c1-2-14-9(13)6-4-3-5-7-8(6)15-10(11)12-7/h3-5H,2H2,1H3. The van der Waals surface area contributed by atoms with E-state index in [-0.39, 0.29) is 5.97 Å². The Labute approximate surface area is 99.8 Å². The summed E-state index contributed by atoms with van der Waals surface area (Å²) in [4.78, 5) is 15.7. The number of fused-ring (bicyclic) bond motifs is 1. The molecular weight excluding hydrogens is 309 g/mol. The maximum atomic E-state index is 11.6. The zero-order valence-electron chi connectivity index (χ0n) is 7.99. The third kappa shape index (κ3) is 1.97. The zero-order chi connectivity index (χ0) is 10.8. The highest BCUT2D eigenvalue weighted by atomic mass is 127. The number of carbonyl (C=O) groups excluding carboxylic acids is 1. The van der Waals surface area contributed by atoms with Crippen molar-refractivity contribution in [3.05, 3.63) is 27.7 Å². The fourth-order valence-corrected chi connectivity index (χ4v) is 1.77. The molecule has 0 amide bonds. The van der Waals surface area contributed by atoms with E-state index in [0.29, 0.717) is 27.2 Å². The second-order valence-electron chi connectivity index (χ2n) is 2.84. The van der Waals surface area contributed by atoms with Gasteiger partial charge in [-0.1, -0.05) is 6.07 Å². The van der Waals surface area contributed by atoms with Crippen molar-refractivity contribution in [1.82, 2.24) is 4.98 Å². The number of hydrogen-bond acceptors (Lipinski definition) is 4. The monoisotopic (exact) mass is 317 g/mol. The summed E-state index contributed by atoms with van der Waals surface area (Å²) in [7, 11) is 0. The summed E-state index contributed by atoms with van der Waals surface area (Å²) >= 11 is 1.96. The molecule has 5 heteroatoms. The Morgan fingerprint density at radius 3 is 3.13 bits per heavy atom. The van der Waals surface area contributed by atoms with Crippen LogP contribution in [0.2, 0.25) is 0 Å². The Kier molecular flexibility index (Phi) is 2.90. The predicted octanol–water partition coefficient (Wildman–Crippen LogP) is 2.61. The van der Waals surface area contributed by atoms with E-state index < -0.39 is 0 Å². The third-order valence-electron chi connectivity index (χ3n) is 1.88. The van der Waals surface area contributed by atoms with Crippen LogP contribution in [0, 0.1) is 3.90 Å². The molecule has 0 unspecified atom stereocenters. The number of esters is 1. The van der Waals surface area contributed by atoms with Crippen LogP contribution < -0.4 is 0 Å². The van der Waals surface area contributed by atoms with E-state index in [1.165, 1.54) is 0 Å². The topological polar surface area (TPSA) is 52.3 Å². The lowest BCUT2D eigenvalue weighted by Crippen LogP contribution is -2.04. The number of oxazole rings is 1. The van der Waals surface area contributed by atoms with Crippen molar-refractivity contribution in [3.8, 4) is 0 Å². The smallest absolute Gasteiger partial charge is 0.342 e. The molecule has 0 saturated carbocycles. The van der Waals surface area contributed by atoms with Crippen LogP contribution in [0.3, 0.4) is 0 Å². The number of nitrogens with zero attached hydrogens (tertiary/aromatic N) is 1. The normalized spacial score (nSPS) is 10.5. The van der Waals surface area contributed by atoms with Gasteiger partial charge in [-0.15, -0.1) is 0 Å². The van der Waals surface area contributed by atoms with E-state index in [1.807, 2.05) is 22.6 Å². The molecule has 2 rings (SSSR count). The first kappa shape index (κ1) is 10.4. The van der Waals surface area contributed by atoms with Crippen LogP contribution in [-0.2, 0) is 4.74 Å². The minimum Gasteiger partial charge on any atom is -0.462 e. The predicted molar refractivity (Wildman–Crippen MR) is 62.7 cm³/mol. The summed E-state index contributed by atoms with van der Waals surface area (Å²) in [5, 5.41) is 0. The fraction of sp³-hybridized carbons (Fsp3) is 0.200. The molecule has 2 aromatic rings. The first-order valence-electron chi connectivity index (χ1n) is 4.44. The van der Waals surface area contributed by atoms with Gasteiger partial charge in [-0.25, -0.2) is 9.78 Å². The van der Waals surface area contributed by atoms with Crippen molar-refractivity contribution in [2.45, 2.75) is 6.92 Å². The molecule has 1 aromatic heterocycles. The van der Waals surface area contributed by atoms with Gasteiger partial charge in [0.05, 0.1) is 6.61 Å². The number of benzene rings is 1. The Morgan fingerprint density at radius 2 is 2.40 bits per heavy atom. The number of ether oxygens (including phenoxy) is 1. The summed E-state index contributed by atoms with van der Waals surface area (Å²) in [6.07, 6.45) is 0. The molecule has 0 fully saturated rings. The average Bonchev–Trinajstić information content (AvgIpc) is 2.57. The van der Waals surface area contributed by atoms with Crippen LogP contribution in [0.4, 0.5) is 0 Å². The van der Waals surface area contributed by atoms with Crippen molar-refractivity contribution in [2.75, 3.05) is 6.61 Å². The summed E-state index contributed by atoms with van der Waals surface area (Å²) < 4.78 is 10.8. The molecule has 0 radical (unpaired) electrons. The maximum Gasteiger partial charge on any atom is 0.342 e. The van der Waals surface area contributed by atoms with Gasteiger partial charge in [-0.05, 0) is 19.1 Å². The Balaban J connectivity index is 2.55. The number of aromatic nitrogens is 1. The molecule has 1 aromatic carbocycles. The van der Waals surface area contributed by atoms with E-state index in [0.717, 1.165) is 0 Å². The number of para-hydroxylation sites is 1. The van der Waals surface area contributed by atoms with Crippen molar-refractivity contribution in [3.63, 3.8) is 0 Å². The summed E-state index contributed by atoms with van der Waals surface area (Å²) in [5.74, 6) is -0.379. The number of carbonyl (C=O) groups is 1.